The summed E-state index contributed by atoms with van der Waals surface area (Å²) in [7, 11) is 0. The van der Waals surface area contributed by atoms with E-state index in [1.54, 1.807) is 0 Å². The number of carbonyl (C=O) groups excluding carboxylic acids is 3. The van der Waals surface area contributed by atoms with Gasteiger partial charge in [-0.2, -0.15) is 5.10 Å². The second-order valence-corrected chi connectivity index (χ2v) is 6.07. The first-order valence-electron chi connectivity index (χ1n) is 8.36. The highest BCUT2D eigenvalue weighted by Crippen LogP contribution is 2.06. The van der Waals surface area contributed by atoms with Crippen LogP contribution < -0.4 is 10.7 Å². The molecule has 1 heterocycles. The number of benzene rings is 1. The topological polar surface area (TPSA) is 96.9 Å². The Morgan fingerprint density at radius 1 is 1.24 bits per heavy atom. The highest BCUT2D eigenvalue weighted by Gasteiger charge is 2.24. The zero-order valence-electron chi connectivity index (χ0n) is 14.5. The van der Waals surface area contributed by atoms with E-state index in [-0.39, 0.29) is 36.4 Å². The number of amides is 2. The molecule has 0 spiro atoms. The van der Waals surface area contributed by atoms with Crippen LogP contribution in [0, 0.1) is 0 Å². The van der Waals surface area contributed by atoms with Crippen LogP contribution in [-0.2, 0) is 25.5 Å². The fraction of sp³-hybridized carbons (Fsp3) is 0.444. The van der Waals surface area contributed by atoms with E-state index in [1.807, 2.05) is 37.3 Å². The van der Waals surface area contributed by atoms with Gasteiger partial charge in [-0.25, -0.2) is 10.2 Å². The van der Waals surface area contributed by atoms with E-state index in [1.165, 1.54) is 12.5 Å². The third kappa shape index (κ3) is 6.02. The highest BCUT2D eigenvalue weighted by molar-refractivity contribution is 6.37. The molecule has 0 saturated heterocycles. The first kappa shape index (κ1) is 18.6. The molecule has 1 aromatic carbocycles. The molecule has 0 saturated carbocycles. The summed E-state index contributed by atoms with van der Waals surface area (Å²) in [4.78, 5) is 35.1. The van der Waals surface area contributed by atoms with Gasteiger partial charge in [-0.15, -0.1) is 0 Å². The predicted octanol–water partition coefficient (Wildman–Crippen LogP) is 1.32. The van der Waals surface area contributed by atoms with Crippen LogP contribution in [-0.4, -0.2) is 35.6 Å². The van der Waals surface area contributed by atoms with Gasteiger partial charge in [0.25, 0.3) is 5.91 Å². The maximum Gasteiger partial charge on any atom is 0.355 e. The molecule has 1 aliphatic heterocycles. The number of ether oxygens (including phenoxy) is 1. The number of nitrogens with zero attached hydrogens (tertiary/aromatic N) is 1. The lowest BCUT2D eigenvalue weighted by Gasteiger charge is -2.19. The van der Waals surface area contributed by atoms with Crippen molar-refractivity contribution in [2.24, 2.45) is 5.10 Å². The van der Waals surface area contributed by atoms with Crippen molar-refractivity contribution in [1.29, 1.82) is 0 Å². The summed E-state index contributed by atoms with van der Waals surface area (Å²) < 4.78 is 5.12. The summed E-state index contributed by atoms with van der Waals surface area (Å²) >= 11 is 0. The average molecular weight is 345 g/mol. The fourth-order valence-electron chi connectivity index (χ4n) is 2.36. The van der Waals surface area contributed by atoms with Gasteiger partial charge in [-0.3, -0.25) is 9.59 Å². The molecule has 7 heteroatoms. The zero-order valence-corrected chi connectivity index (χ0v) is 14.5. The normalized spacial score (nSPS) is 16.2. The van der Waals surface area contributed by atoms with Crippen molar-refractivity contribution in [3.63, 3.8) is 0 Å². The number of hydrogen-bond donors (Lipinski definition) is 2. The van der Waals surface area contributed by atoms with Crippen LogP contribution in [0.1, 0.15) is 38.7 Å². The van der Waals surface area contributed by atoms with Gasteiger partial charge in [-0.1, -0.05) is 30.3 Å². The Kier molecular flexibility index (Phi) is 6.68. The average Bonchev–Trinajstić information content (AvgIpc) is 2.61. The van der Waals surface area contributed by atoms with Crippen molar-refractivity contribution >= 4 is 23.5 Å². The Morgan fingerprint density at radius 3 is 2.60 bits per heavy atom. The second-order valence-electron chi connectivity index (χ2n) is 6.07. The smallest absolute Gasteiger partial charge is 0.355 e. The summed E-state index contributed by atoms with van der Waals surface area (Å²) in [5.41, 5.74) is 3.56. The number of nitrogens with one attached hydrogen (secondary N) is 2. The van der Waals surface area contributed by atoms with Crippen LogP contribution in [0.4, 0.5) is 0 Å². The van der Waals surface area contributed by atoms with Crippen molar-refractivity contribution in [3.05, 3.63) is 35.9 Å². The zero-order chi connectivity index (χ0) is 18.2. The van der Waals surface area contributed by atoms with Crippen LogP contribution >= 0.6 is 0 Å². The maximum absolute atomic E-state index is 12.1. The monoisotopic (exact) mass is 345 g/mol. The first-order chi connectivity index (χ1) is 12.0. The van der Waals surface area contributed by atoms with Crippen molar-refractivity contribution in [1.82, 2.24) is 10.7 Å². The molecule has 0 unspecified atom stereocenters. The van der Waals surface area contributed by atoms with Crippen LogP contribution in [0.25, 0.3) is 0 Å². The molecule has 0 aliphatic carbocycles. The first-order valence-corrected chi connectivity index (χ1v) is 8.36. The van der Waals surface area contributed by atoms with Crippen molar-refractivity contribution in [2.75, 3.05) is 0 Å². The Labute approximate surface area is 146 Å². The van der Waals surface area contributed by atoms with Crippen LogP contribution in [0.5, 0.6) is 0 Å². The molecule has 0 bridgehead atoms. The van der Waals surface area contributed by atoms with Crippen molar-refractivity contribution < 1.29 is 19.1 Å². The molecule has 25 heavy (non-hydrogen) atoms. The van der Waals surface area contributed by atoms with E-state index in [0.29, 0.717) is 0 Å². The molecular formula is C18H23N3O4. The molecule has 7 nitrogen and oxygen atoms in total. The van der Waals surface area contributed by atoms with Gasteiger partial charge in [0.15, 0.2) is 6.10 Å². The van der Waals surface area contributed by atoms with Gasteiger partial charge < -0.3 is 10.1 Å². The largest absolute Gasteiger partial charge is 0.448 e. The Hall–Kier alpha value is -2.70. The van der Waals surface area contributed by atoms with Crippen molar-refractivity contribution in [2.45, 2.75) is 51.7 Å². The van der Waals surface area contributed by atoms with Gasteiger partial charge in [0.05, 0.1) is 0 Å². The number of esters is 1. The van der Waals surface area contributed by atoms with Gasteiger partial charge in [0.2, 0.25) is 5.91 Å². The lowest BCUT2D eigenvalue weighted by atomic mass is 10.1. The quantitative estimate of drug-likeness (QED) is 0.729. The minimum absolute atomic E-state index is 0.0415. The molecule has 0 fully saturated rings. The molecule has 134 valence electrons. The van der Waals surface area contributed by atoms with Crippen molar-refractivity contribution in [3.8, 4) is 0 Å². The minimum atomic E-state index is -0.924. The number of carbonyl (C=O) groups is 3. The van der Waals surface area contributed by atoms with Gasteiger partial charge >= 0.3 is 5.97 Å². The third-order valence-electron chi connectivity index (χ3n) is 3.89. The molecular weight excluding hydrogens is 322 g/mol. The van der Waals surface area contributed by atoms with E-state index in [2.05, 4.69) is 15.8 Å². The number of hydrazone groups is 1. The summed E-state index contributed by atoms with van der Waals surface area (Å²) in [5, 5.41) is 6.50. The van der Waals surface area contributed by atoms with E-state index < -0.39 is 12.1 Å². The van der Waals surface area contributed by atoms with Crippen LogP contribution in [0.2, 0.25) is 0 Å². The molecule has 0 radical (unpaired) electrons. The minimum Gasteiger partial charge on any atom is -0.448 e. The third-order valence-corrected chi connectivity index (χ3v) is 3.89. The summed E-state index contributed by atoms with van der Waals surface area (Å²) in [6.07, 6.45) is 1.12. The lowest BCUT2D eigenvalue weighted by Crippen LogP contribution is -2.42. The molecule has 2 N–H and O–H groups in total. The number of hydrogen-bond acceptors (Lipinski definition) is 5. The lowest BCUT2D eigenvalue weighted by molar-refractivity contribution is -0.149. The summed E-state index contributed by atoms with van der Waals surface area (Å²) in [6, 6.07) is 9.98. The standard InChI is InChI=1S/C18H23N3O4/c1-12(8-9-14-6-4-3-5-7-14)19-17(23)13(2)25-18(24)15-10-11-16(22)21-20-15/h3-7,12-13H,8-11H2,1-2H3,(H,19,23)(H,21,22)/t12-,13+/m1/s1. The summed E-state index contributed by atoms with van der Waals surface area (Å²) in [6.45, 7) is 3.43. The maximum atomic E-state index is 12.1. The number of rotatable bonds is 7. The molecule has 0 aromatic heterocycles. The number of aryl methyl sites for hydroxylation is 1. The van der Waals surface area contributed by atoms with E-state index in [4.69, 9.17) is 4.74 Å². The van der Waals surface area contributed by atoms with Crippen LogP contribution in [0.3, 0.4) is 0 Å². The second kappa shape index (κ2) is 8.96. The summed E-state index contributed by atoms with van der Waals surface area (Å²) in [5.74, 6) is -1.27. The predicted molar refractivity (Wildman–Crippen MR) is 92.7 cm³/mol. The Morgan fingerprint density at radius 2 is 1.96 bits per heavy atom. The SMILES string of the molecule is C[C@H](CCc1ccccc1)NC(=O)[C@H](C)OC(=O)C1=NNC(=O)CC1. The molecule has 2 atom stereocenters. The Bertz CT molecular complexity index is 658. The fourth-order valence-corrected chi connectivity index (χ4v) is 2.36. The Balaban J connectivity index is 1.75. The van der Waals surface area contributed by atoms with Gasteiger partial charge in [0, 0.05) is 18.9 Å². The van der Waals surface area contributed by atoms with Crippen LogP contribution in [0.15, 0.2) is 35.4 Å². The van der Waals surface area contributed by atoms with Gasteiger partial charge in [-0.05, 0) is 32.3 Å². The molecule has 2 amide bonds. The van der Waals surface area contributed by atoms with E-state index in [9.17, 15) is 14.4 Å². The van der Waals surface area contributed by atoms with E-state index in [0.717, 1.165) is 12.8 Å². The van der Waals surface area contributed by atoms with Gasteiger partial charge in [0.1, 0.15) is 5.71 Å². The molecule has 1 aromatic rings. The van der Waals surface area contributed by atoms with E-state index >= 15 is 0 Å². The molecule has 2 rings (SSSR count). The highest BCUT2D eigenvalue weighted by atomic mass is 16.5. The molecule has 1 aliphatic rings.